The lowest BCUT2D eigenvalue weighted by Gasteiger charge is -2.07. The summed E-state index contributed by atoms with van der Waals surface area (Å²) >= 11 is 0. The van der Waals surface area contributed by atoms with Crippen LogP contribution in [0.4, 0.5) is 5.69 Å². The molecule has 2 N–H and O–H groups in total. The second-order valence-corrected chi connectivity index (χ2v) is 6.30. The van der Waals surface area contributed by atoms with E-state index < -0.39 is 11.7 Å². The molecule has 0 aliphatic carbocycles. The van der Waals surface area contributed by atoms with E-state index in [1.807, 2.05) is 54.6 Å². The maximum Gasteiger partial charge on any atom is 0.296 e. The van der Waals surface area contributed by atoms with Crippen LogP contribution in [0.3, 0.4) is 0 Å². The smallest absolute Gasteiger partial charge is 0.296 e. The first-order valence-electron chi connectivity index (χ1n) is 8.83. The molecule has 0 radical (unpaired) electrons. The Morgan fingerprint density at radius 2 is 1.54 bits per heavy atom. The maximum absolute atomic E-state index is 13.1. The fourth-order valence-corrected chi connectivity index (χ4v) is 3.17. The van der Waals surface area contributed by atoms with Gasteiger partial charge in [-0.3, -0.25) is 9.59 Å². The Balaban J connectivity index is 1.72. The summed E-state index contributed by atoms with van der Waals surface area (Å²) in [6, 6.07) is 23.8. The van der Waals surface area contributed by atoms with Gasteiger partial charge in [-0.25, -0.2) is 0 Å². The minimum absolute atomic E-state index is 0.368. The molecule has 0 atom stereocenters. The van der Waals surface area contributed by atoms with E-state index in [1.54, 1.807) is 31.4 Å². The lowest BCUT2D eigenvalue weighted by molar-refractivity contribution is -0.112. The molecule has 1 amide bonds. The first-order chi connectivity index (χ1) is 13.7. The van der Waals surface area contributed by atoms with Crippen LogP contribution in [0.1, 0.15) is 10.4 Å². The predicted octanol–water partition coefficient (Wildman–Crippen LogP) is 4.66. The third-order valence-corrected chi connectivity index (χ3v) is 4.55. The van der Waals surface area contributed by atoms with Gasteiger partial charge in [-0.2, -0.15) is 0 Å². The van der Waals surface area contributed by atoms with Gasteiger partial charge in [0, 0.05) is 16.6 Å². The number of Topliss-reactive ketones (excluding diaryl/α,β-unsaturated/α-hetero) is 1. The largest absolute Gasteiger partial charge is 0.497 e. The first kappa shape index (κ1) is 17.5. The minimum atomic E-state index is -0.688. The number of rotatable bonds is 5. The van der Waals surface area contributed by atoms with Crippen molar-refractivity contribution in [2.45, 2.75) is 0 Å². The Hall–Kier alpha value is -3.86. The quantitative estimate of drug-likeness (QED) is 0.396. The van der Waals surface area contributed by atoms with Gasteiger partial charge >= 0.3 is 0 Å². The second kappa shape index (κ2) is 7.40. The Morgan fingerprint density at radius 1 is 0.857 bits per heavy atom. The highest BCUT2D eigenvalue weighted by atomic mass is 16.5. The summed E-state index contributed by atoms with van der Waals surface area (Å²) in [5.74, 6) is -0.605. The Labute approximate surface area is 162 Å². The zero-order chi connectivity index (χ0) is 19.5. The maximum atomic E-state index is 13.1. The van der Waals surface area contributed by atoms with Crippen molar-refractivity contribution < 1.29 is 14.3 Å². The van der Waals surface area contributed by atoms with Crippen molar-refractivity contribution >= 4 is 28.3 Å². The number of aromatic nitrogens is 1. The molecule has 0 fully saturated rings. The molecule has 5 heteroatoms. The van der Waals surface area contributed by atoms with Gasteiger partial charge in [-0.05, 0) is 35.9 Å². The molecule has 4 rings (SSSR count). The van der Waals surface area contributed by atoms with Crippen molar-refractivity contribution in [3.05, 3.63) is 84.4 Å². The highest BCUT2D eigenvalue weighted by Gasteiger charge is 2.25. The van der Waals surface area contributed by atoms with Crippen molar-refractivity contribution in [1.82, 2.24) is 4.98 Å². The number of aromatic amines is 1. The molecule has 0 saturated carbocycles. The van der Waals surface area contributed by atoms with Crippen LogP contribution in [0.2, 0.25) is 0 Å². The third-order valence-electron chi connectivity index (χ3n) is 4.55. The summed E-state index contributed by atoms with van der Waals surface area (Å²) in [5.41, 5.74) is 3.19. The average molecular weight is 370 g/mol. The fourth-order valence-electron chi connectivity index (χ4n) is 3.17. The molecule has 5 nitrogen and oxygen atoms in total. The number of carbonyl (C=O) groups is 2. The Bertz CT molecular complexity index is 1150. The van der Waals surface area contributed by atoms with Crippen LogP contribution in [0.25, 0.3) is 22.2 Å². The lowest BCUT2D eigenvalue weighted by Crippen LogP contribution is -2.23. The summed E-state index contributed by atoms with van der Waals surface area (Å²) in [6.07, 6.45) is 0. The number of benzene rings is 3. The standard InChI is InChI=1S/C23H18N2O3/c1-28-17-13-11-16(12-14-17)24-23(27)22(26)20-18-9-5-6-10-19(18)25-21(20)15-7-3-2-4-8-15/h2-14,25H,1H3,(H,24,27). The molecular weight excluding hydrogens is 352 g/mol. The molecule has 4 aromatic rings. The topological polar surface area (TPSA) is 71.2 Å². The van der Waals surface area contributed by atoms with Gasteiger partial charge in [0.05, 0.1) is 18.4 Å². The van der Waals surface area contributed by atoms with Crippen LogP contribution in [-0.4, -0.2) is 23.8 Å². The number of methoxy groups -OCH3 is 1. The van der Waals surface area contributed by atoms with Crippen LogP contribution >= 0.6 is 0 Å². The highest BCUT2D eigenvalue weighted by molar-refractivity contribution is 6.49. The number of fused-ring (bicyclic) bond motifs is 1. The summed E-state index contributed by atoms with van der Waals surface area (Å²) in [6.45, 7) is 0. The van der Waals surface area contributed by atoms with Crippen LogP contribution in [-0.2, 0) is 4.79 Å². The minimum Gasteiger partial charge on any atom is -0.497 e. The summed E-state index contributed by atoms with van der Waals surface area (Å²) in [5, 5.41) is 3.39. The molecule has 1 aromatic heterocycles. The summed E-state index contributed by atoms with van der Waals surface area (Å²) < 4.78 is 5.11. The van der Waals surface area contributed by atoms with Gasteiger partial charge in [0.25, 0.3) is 11.7 Å². The van der Waals surface area contributed by atoms with E-state index in [0.717, 1.165) is 16.5 Å². The first-order valence-corrected chi connectivity index (χ1v) is 8.83. The van der Waals surface area contributed by atoms with E-state index in [4.69, 9.17) is 4.74 Å². The third kappa shape index (κ3) is 3.25. The number of amides is 1. The van der Waals surface area contributed by atoms with Gasteiger partial charge in [0.1, 0.15) is 5.75 Å². The molecule has 0 spiro atoms. The van der Waals surface area contributed by atoms with Gasteiger partial charge in [-0.1, -0.05) is 48.5 Å². The highest BCUT2D eigenvalue weighted by Crippen LogP contribution is 2.31. The van der Waals surface area contributed by atoms with Crippen molar-refractivity contribution in [3.8, 4) is 17.0 Å². The van der Waals surface area contributed by atoms with Gasteiger partial charge < -0.3 is 15.0 Å². The molecule has 1 heterocycles. The van der Waals surface area contributed by atoms with Crippen molar-refractivity contribution in [3.63, 3.8) is 0 Å². The molecule has 0 unspecified atom stereocenters. The predicted molar refractivity (Wildman–Crippen MR) is 110 cm³/mol. The molecule has 0 aliphatic heterocycles. The van der Waals surface area contributed by atoms with E-state index in [1.165, 1.54) is 0 Å². The van der Waals surface area contributed by atoms with E-state index in [-0.39, 0.29) is 0 Å². The molecule has 28 heavy (non-hydrogen) atoms. The summed E-state index contributed by atoms with van der Waals surface area (Å²) in [4.78, 5) is 29.0. The normalized spacial score (nSPS) is 10.6. The number of nitrogens with one attached hydrogen (secondary N) is 2. The average Bonchev–Trinajstić information content (AvgIpc) is 3.14. The monoisotopic (exact) mass is 370 g/mol. The number of anilines is 1. The van der Waals surface area contributed by atoms with E-state index in [9.17, 15) is 9.59 Å². The van der Waals surface area contributed by atoms with Gasteiger partial charge in [-0.15, -0.1) is 0 Å². The zero-order valence-electron chi connectivity index (χ0n) is 15.2. The molecule has 138 valence electrons. The van der Waals surface area contributed by atoms with Gasteiger partial charge in [0.15, 0.2) is 0 Å². The number of hydrogen-bond acceptors (Lipinski definition) is 3. The Kier molecular flexibility index (Phi) is 4.64. The Morgan fingerprint density at radius 3 is 2.25 bits per heavy atom. The van der Waals surface area contributed by atoms with E-state index in [0.29, 0.717) is 22.7 Å². The number of ketones is 1. The van der Waals surface area contributed by atoms with Crippen LogP contribution in [0, 0.1) is 0 Å². The number of H-pyrrole nitrogens is 1. The summed E-state index contributed by atoms with van der Waals surface area (Å²) in [7, 11) is 1.57. The van der Waals surface area contributed by atoms with Crippen LogP contribution in [0.15, 0.2) is 78.9 Å². The SMILES string of the molecule is COc1ccc(NC(=O)C(=O)c2c(-c3ccccc3)[nH]c3ccccc23)cc1. The lowest BCUT2D eigenvalue weighted by atomic mass is 10.0. The second-order valence-electron chi connectivity index (χ2n) is 6.30. The van der Waals surface area contributed by atoms with Crippen LogP contribution < -0.4 is 10.1 Å². The fraction of sp³-hybridized carbons (Fsp3) is 0.0435. The van der Waals surface area contributed by atoms with Gasteiger partial charge in [0.2, 0.25) is 0 Å². The van der Waals surface area contributed by atoms with Crippen molar-refractivity contribution in [2.24, 2.45) is 0 Å². The molecule has 0 aliphatic rings. The molecule has 0 saturated heterocycles. The van der Waals surface area contributed by atoms with Crippen LogP contribution in [0.5, 0.6) is 5.75 Å². The molecular formula is C23H18N2O3. The molecule has 0 bridgehead atoms. The molecule has 3 aromatic carbocycles. The number of hydrogen-bond donors (Lipinski definition) is 2. The number of carbonyl (C=O) groups excluding carboxylic acids is 2. The number of ether oxygens (including phenoxy) is 1. The van der Waals surface area contributed by atoms with E-state index in [2.05, 4.69) is 10.3 Å². The van der Waals surface area contributed by atoms with E-state index >= 15 is 0 Å². The van der Waals surface area contributed by atoms with Crippen molar-refractivity contribution in [2.75, 3.05) is 12.4 Å². The number of para-hydroxylation sites is 1. The zero-order valence-corrected chi connectivity index (χ0v) is 15.2. The van der Waals surface area contributed by atoms with Crippen molar-refractivity contribution in [1.29, 1.82) is 0 Å².